The van der Waals surface area contributed by atoms with Crippen LogP contribution in [0.25, 0.3) is 0 Å². The predicted octanol–water partition coefficient (Wildman–Crippen LogP) is 2.32. The number of hydrogen-bond acceptors (Lipinski definition) is 5. The molecular formula is C16H21N3O3. The van der Waals surface area contributed by atoms with Crippen molar-refractivity contribution < 1.29 is 14.6 Å². The van der Waals surface area contributed by atoms with Gasteiger partial charge in [-0.3, -0.25) is 10.9 Å². The van der Waals surface area contributed by atoms with Gasteiger partial charge in [0.2, 0.25) is 5.88 Å². The smallest absolute Gasteiger partial charge is 0.359 e. The van der Waals surface area contributed by atoms with E-state index in [1.165, 1.54) is 42.8 Å². The molecule has 1 aromatic carbocycles. The molecule has 1 aliphatic carbocycles. The normalized spacial score (nSPS) is 19.7. The molecule has 22 heavy (non-hydrogen) atoms. The zero-order valence-corrected chi connectivity index (χ0v) is 12.6. The number of hydrogen-bond donors (Lipinski definition) is 3. The highest BCUT2D eigenvalue weighted by molar-refractivity contribution is 5.86. The zero-order chi connectivity index (χ0) is 15.5. The topological polar surface area (TPSA) is 73.8 Å². The Labute approximate surface area is 129 Å². The average Bonchev–Trinajstić information content (AvgIpc) is 2.89. The van der Waals surface area contributed by atoms with Gasteiger partial charge in [-0.15, -0.1) is 5.12 Å². The Morgan fingerprint density at radius 2 is 2.05 bits per heavy atom. The molecule has 0 unspecified atom stereocenters. The predicted molar refractivity (Wildman–Crippen MR) is 81.6 cm³/mol. The summed E-state index contributed by atoms with van der Waals surface area (Å²) in [6, 6.07) is 7.95. The Balaban J connectivity index is 1.77. The van der Waals surface area contributed by atoms with Crippen LogP contribution < -0.4 is 15.6 Å². The van der Waals surface area contributed by atoms with E-state index in [0.717, 1.165) is 0 Å². The number of carbonyl (C=O) groups is 1. The Bertz CT molecular complexity index is 594. The van der Waals surface area contributed by atoms with Gasteiger partial charge in [0.05, 0.1) is 0 Å². The second-order valence-corrected chi connectivity index (χ2v) is 5.80. The third-order valence-corrected chi connectivity index (χ3v) is 4.14. The van der Waals surface area contributed by atoms with Crippen LogP contribution in [-0.2, 0) is 4.79 Å². The summed E-state index contributed by atoms with van der Waals surface area (Å²) in [6.07, 6.45) is 6.31. The summed E-state index contributed by atoms with van der Waals surface area (Å²) >= 11 is 0. The van der Waals surface area contributed by atoms with Crippen LogP contribution in [0, 0.1) is 0 Å². The fraction of sp³-hybridized carbons (Fsp3) is 0.438. The van der Waals surface area contributed by atoms with E-state index in [9.17, 15) is 9.90 Å². The minimum Gasteiger partial charge on any atom is -0.476 e. The number of ether oxygens (including phenoxy) is 1. The number of nitrogens with zero attached hydrogens (tertiary/aromatic N) is 1. The molecule has 0 atom stereocenters. The highest BCUT2D eigenvalue weighted by Gasteiger charge is 2.26. The van der Waals surface area contributed by atoms with Gasteiger partial charge in [-0.05, 0) is 36.5 Å². The third-order valence-electron chi connectivity index (χ3n) is 4.14. The first kappa shape index (κ1) is 14.7. The lowest BCUT2D eigenvalue weighted by Gasteiger charge is -2.22. The lowest BCUT2D eigenvalue weighted by molar-refractivity contribution is -0.133. The van der Waals surface area contributed by atoms with Gasteiger partial charge in [-0.2, -0.15) is 0 Å². The summed E-state index contributed by atoms with van der Waals surface area (Å²) in [5.74, 6) is 0.384. The Morgan fingerprint density at radius 1 is 1.27 bits per heavy atom. The number of aliphatic carboxylic acids is 1. The molecule has 1 aliphatic heterocycles. The summed E-state index contributed by atoms with van der Waals surface area (Å²) in [7, 11) is 1.68. The molecule has 1 fully saturated rings. The van der Waals surface area contributed by atoms with Gasteiger partial charge in [0.15, 0.2) is 5.70 Å². The molecule has 1 heterocycles. The Hall–Kier alpha value is -2.21. The van der Waals surface area contributed by atoms with E-state index in [-0.39, 0.29) is 11.6 Å². The molecule has 0 bridgehead atoms. The molecule has 0 saturated heterocycles. The highest BCUT2D eigenvalue weighted by atomic mass is 16.5. The lowest BCUT2D eigenvalue weighted by Crippen LogP contribution is -2.37. The Morgan fingerprint density at radius 3 is 2.77 bits per heavy atom. The van der Waals surface area contributed by atoms with E-state index in [2.05, 4.69) is 16.9 Å². The summed E-state index contributed by atoms with van der Waals surface area (Å²) in [6.45, 7) is 0. The lowest BCUT2D eigenvalue weighted by atomic mass is 9.84. The summed E-state index contributed by atoms with van der Waals surface area (Å²) in [5.41, 5.74) is 6.79. The van der Waals surface area contributed by atoms with Crippen molar-refractivity contribution in [3.8, 4) is 5.75 Å². The van der Waals surface area contributed by atoms with Gasteiger partial charge in [-0.1, -0.05) is 31.4 Å². The summed E-state index contributed by atoms with van der Waals surface area (Å²) < 4.78 is 5.73. The van der Waals surface area contributed by atoms with Crippen LogP contribution >= 0.6 is 0 Å². The van der Waals surface area contributed by atoms with Crippen molar-refractivity contribution >= 4 is 5.97 Å². The molecule has 0 spiro atoms. The summed E-state index contributed by atoms with van der Waals surface area (Å²) in [4.78, 5) is 11.2. The molecule has 118 valence electrons. The Kier molecular flexibility index (Phi) is 4.20. The maximum absolute atomic E-state index is 11.2. The van der Waals surface area contributed by atoms with Crippen molar-refractivity contribution in [3.63, 3.8) is 0 Å². The van der Waals surface area contributed by atoms with Crippen molar-refractivity contribution in [2.24, 2.45) is 0 Å². The SMILES string of the molecule is CN1NC(Oc2cccc(C3CCCCC3)c2)=C(C(=O)O)N1. The maximum atomic E-state index is 11.2. The minimum atomic E-state index is -1.06. The van der Waals surface area contributed by atoms with Gasteiger partial charge in [0.1, 0.15) is 5.75 Å². The molecule has 0 radical (unpaired) electrons. The van der Waals surface area contributed by atoms with Gasteiger partial charge >= 0.3 is 5.97 Å². The van der Waals surface area contributed by atoms with Crippen LogP contribution in [0.4, 0.5) is 0 Å². The molecule has 3 N–H and O–H groups in total. The first-order valence-electron chi connectivity index (χ1n) is 7.66. The second-order valence-electron chi connectivity index (χ2n) is 5.80. The highest BCUT2D eigenvalue weighted by Crippen LogP contribution is 2.34. The van der Waals surface area contributed by atoms with E-state index in [1.807, 2.05) is 18.2 Å². The molecule has 6 heteroatoms. The van der Waals surface area contributed by atoms with Crippen molar-refractivity contribution in [2.75, 3.05) is 7.05 Å². The number of carboxylic acid groups (broad SMARTS) is 1. The van der Waals surface area contributed by atoms with Crippen LogP contribution in [0.3, 0.4) is 0 Å². The van der Waals surface area contributed by atoms with Gasteiger partial charge in [0.25, 0.3) is 0 Å². The number of benzene rings is 1. The standard InChI is InChI=1S/C16H21N3O3/c1-19-17-14(16(20)21)15(18-19)22-13-9-5-8-12(10-13)11-6-3-2-4-7-11/h5,8-11,17-18H,2-4,6-7H2,1H3,(H,20,21). The van der Waals surface area contributed by atoms with Crippen LogP contribution in [0.15, 0.2) is 35.8 Å². The number of rotatable bonds is 4. The summed E-state index contributed by atoms with van der Waals surface area (Å²) in [5, 5.41) is 10.6. The van der Waals surface area contributed by atoms with Crippen LogP contribution in [0.5, 0.6) is 5.75 Å². The van der Waals surface area contributed by atoms with Crippen LogP contribution in [-0.4, -0.2) is 23.2 Å². The van der Waals surface area contributed by atoms with Gasteiger partial charge in [-0.25, -0.2) is 4.79 Å². The third kappa shape index (κ3) is 3.17. The van der Waals surface area contributed by atoms with E-state index in [0.29, 0.717) is 11.7 Å². The van der Waals surface area contributed by atoms with E-state index >= 15 is 0 Å². The van der Waals surface area contributed by atoms with Crippen molar-refractivity contribution in [3.05, 3.63) is 41.4 Å². The molecule has 2 aliphatic rings. The van der Waals surface area contributed by atoms with E-state index < -0.39 is 5.97 Å². The van der Waals surface area contributed by atoms with Crippen LogP contribution in [0.2, 0.25) is 0 Å². The quantitative estimate of drug-likeness (QED) is 0.793. The monoisotopic (exact) mass is 303 g/mol. The zero-order valence-electron chi connectivity index (χ0n) is 12.6. The minimum absolute atomic E-state index is 0.00516. The number of nitrogens with one attached hydrogen (secondary N) is 2. The van der Waals surface area contributed by atoms with Crippen molar-refractivity contribution in [1.29, 1.82) is 0 Å². The average molecular weight is 303 g/mol. The molecule has 3 rings (SSSR count). The molecule has 0 aromatic heterocycles. The first-order valence-corrected chi connectivity index (χ1v) is 7.66. The number of hydrazine groups is 2. The molecule has 0 amide bonds. The molecule has 1 aromatic rings. The van der Waals surface area contributed by atoms with Crippen molar-refractivity contribution in [1.82, 2.24) is 16.0 Å². The van der Waals surface area contributed by atoms with Crippen LogP contribution in [0.1, 0.15) is 43.6 Å². The largest absolute Gasteiger partial charge is 0.476 e. The fourth-order valence-corrected chi connectivity index (χ4v) is 3.06. The first-order chi connectivity index (χ1) is 10.6. The van der Waals surface area contributed by atoms with Gasteiger partial charge in [0, 0.05) is 7.05 Å². The van der Waals surface area contributed by atoms with E-state index in [4.69, 9.17) is 4.74 Å². The number of carboxylic acids is 1. The van der Waals surface area contributed by atoms with Gasteiger partial charge < -0.3 is 9.84 Å². The van der Waals surface area contributed by atoms with E-state index in [1.54, 1.807) is 7.05 Å². The second kappa shape index (κ2) is 6.27. The van der Waals surface area contributed by atoms with Crippen molar-refractivity contribution in [2.45, 2.75) is 38.0 Å². The molecule has 1 saturated carbocycles. The maximum Gasteiger partial charge on any atom is 0.359 e. The molecular weight excluding hydrogens is 282 g/mol. The molecule has 6 nitrogen and oxygen atoms in total. The fourth-order valence-electron chi connectivity index (χ4n) is 3.06.